The zero-order valence-electron chi connectivity index (χ0n) is 22.2. The van der Waals surface area contributed by atoms with E-state index in [-0.39, 0.29) is 29.8 Å². The molecule has 0 radical (unpaired) electrons. The van der Waals surface area contributed by atoms with E-state index in [1.807, 2.05) is 17.0 Å². The number of aryl methyl sites for hydroxylation is 2. The molecule has 0 aromatic heterocycles. The van der Waals surface area contributed by atoms with Crippen LogP contribution in [-0.2, 0) is 22.4 Å². The number of hydrogen-bond acceptors (Lipinski definition) is 4. The molecule has 0 spiro atoms. The standard InChI is InChI=1S/C31H44N4O2/c32-34-23-20-27(21-24-34)31(37)35-22-8-7-19-29(35)30(36)33-28(17-9-15-25-11-3-1-4-12-25)18-10-16-26-13-5-2-6-14-26/h1-6,11-14,27-29H,7-10,15-24,32H2,(H,33,36). The maximum Gasteiger partial charge on any atom is 0.243 e. The fourth-order valence-electron chi connectivity index (χ4n) is 5.83. The van der Waals surface area contributed by atoms with E-state index < -0.39 is 0 Å². The first-order valence-corrected chi connectivity index (χ1v) is 14.3. The van der Waals surface area contributed by atoms with E-state index in [0.717, 1.165) is 83.7 Å². The lowest BCUT2D eigenvalue weighted by molar-refractivity contribution is -0.147. The summed E-state index contributed by atoms with van der Waals surface area (Å²) in [5.74, 6) is 6.08. The van der Waals surface area contributed by atoms with Crippen LogP contribution in [-0.4, -0.2) is 53.4 Å². The molecule has 6 nitrogen and oxygen atoms in total. The van der Waals surface area contributed by atoms with Crippen molar-refractivity contribution >= 4 is 11.8 Å². The minimum Gasteiger partial charge on any atom is -0.352 e. The van der Waals surface area contributed by atoms with E-state index in [1.165, 1.54) is 11.1 Å². The fourth-order valence-corrected chi connectivity index (χ4v) is 5.83. The second-order valence-corrected chi connectivity index (χ2v) is 10.8. The lowest BCUT2D eigenvalue weighted by atomic mass is 9.92. The Bertz CT molecular complexity index is 914. The first-order chi connectivity index (χ1) is 18.1. The summed E-state index contributed by atoms with van der Waals surface area (Å²) in [5, 5.41) is 5.18. The number of piperidine rings is 2. The largest absolute Gasteiger partial charge is 0.352 e. The zero-order chi connectivity index (χ0) is 25.9. The van der Waals surface area contributed by atoms with Gasteiger partial charge >= 0.3 is 0 Å². The zero-order valence-corrected chi connectivity index (χ0v) is 22.2. The number of hydrazine groups is 1. The summed E-state index contributed by atoms with van der Waals surface area (Å²) in [4.78, 5) is 28.9. The summed E-state index contributed by atoms with van der Waals surface area (Å²) in [6.07, 6.45) is 10.3. The van der Waals surface area contributed by atoms with Crippen LogP contribution in [0.3, 0.4) is 0 Å². The number of hydrogen-bond donors (Lipinski definition) is 2. The molecule has 2 amide bonds. The first kappa shape index (κ1) is 27.3. The summed E-state index contributed by atoms with van der Waals surface area (Å²) >= 11 is 0. The van der Waals surface area contributed by atoms with Crippen molar-refractivity contribution in [2.45, 2.75) is 82.7 Å². The third-order valence-corrected chi connectivity index (χ3v) is 8.04. The van der Waals surface area contributed by atoms with Crippen LogP contribution in [0.5, 0.6) is 0 Å². The van der Waals surface area contributed by atoms with Crippen molar-refractivity contribution in [3.8, 4) is 0 Å². The van der Waals surface area contributed by atoms with Gasteiger partial charge in [-0.3, -0.25) is 15.4 Å². The molecular formula is C31H44N4O2. The molecular weight excluding hydrogens is 460 g/mol. The quantitative estimate of drug-likeness (QED) is 0.442. The molecule has 2 aliphatic heterocycles. The maximum atomic E-state index is 13.6. The van der Waals surface area contributed by atoms with Crippen molar-refractivity contribution < 1.29 is 9.59 Å². The first-order valence-electron chi connectivity index (χ1n) is 14.3. The van der Waals surface area contributed by atoms with Crippen LogP contribution in [0.4, 0.5) is 0 Å². The lowest BCUT2D eigenvalue weighted by Crippen LogP contribution is -2.56. The Balaban J connectivity index is 1.35. The lowest BCUT2D eigenvalue weighted by Gasteiger charge is -2.39. The van der Waals surface area contributed by atoms with Gasteiger partial charge in [0.05, 0.1) is 0 Å². The summed E-state index contributed by atoms with van der Waals surface area (Å²) in [7, 11) is 0. The molecule has 1 unspecified atom stereocenters. The van der Waals surface area contributed by atoms with Gasteiger partial charge in [-0.25, -0.2) is 5.01 Å². The average molecular weight is 505 g/mol. The van der Waals surface area contributed by atoms with Crippen LogP contribution < -0.4 is 11.2 Å². The Hall–Kier alpha value is -2.70. The van der Waals surface area contributed by atoms with Crippen molar-refractivity contribution in [1.82, 2.24) is 15.2 Å². The number of amides is 2. The number of nitrogens with two attached hydrogens (primary N) is 1. The summed E-state index contributed by atoms with van der Waals surface area (Å²) in [6, 6.07) is 20.9. The van der Waals surface area contributed by atoms with Crippen LogP contribution in [0.15, 0.2) is 60.7 Å². The summed E-state index contributed by atoms with van der Waals surface area (Å²) in [6.45, 7) is 2.17. The number of carbonyl (C=O) groups is 2. The van der Waals surface area contributed by atoms with Crippen LogP contribution in [0.25, 0.3) is 0 Å². The van der Waals surface area contributed by atoms with Gasteiger partial charge in [-0.1, -0.05) is 60.7 Å². The second kappa shape index (κ2) is 14.3. The number of rotatable bonds is 11. The van der Waals surface area contributed by atoms with E-state index in [2.05, 4.69) is 53.8 Å². The van der Waals surface area contributed by atoms with Gasteiger partial charge in [0.2, 0.25) is 11.8 Å². The molecule has 3 N–H and O–H groups in total. The third kappa shape index (κ3) is 8.41. The van der Waals surface area contributed by atoms with Crippen molar-refractivity contribution in [1.29, 1.82) is 0 Å². The monoisotopic (exact) mass is 504 g/mol. The molecule has 2 heterocycles. The van der Waals surface area contributed by atoms with E-state index >= 15 is 0 Å². The van der Waals surface area contributed by atoms with Crippen molar-refractivity contribution in [3.63, 3.8) is 0 Å². The molecule has 1 atom stereocenters. The highest BCUT2D eigenvalue weighted by Crippen LogP contribution is 2.25. The Morgan fingerprint density at radius 2 is 1.38 bits per heavy atom. The van der Waals surface area contributed by atoms with Gasteiger partial charge in [-0.2, -0.15) is 0 Å². The maximum absolute atomic E-state index is 13.6. The van der Waals surface area contributed by atoms with Crippen LogP contribution in [0.1, 0.15) is 68.9 Å². The molecule has 2 saturated heterocycles. The average Bonchev–Trinajstić information content (AvgIpc) is 2.94. The number of nitrogens with zero attached hydrogens (tertiary/aromatic N) is 2. The van der Waals surface area contributed by atoms with Gasteiger partial charge in [-0.15, -0.1) is 0 Å². The van der Waals surface area contributed by atoms with Crippen LogP contribution >= 0.6 is 0 Å². The Morgan fingerprint density at radius 1 is 0.811 bits per heavy atom. The molecule has 2 aromatic rings. The number of nitrogens with one attached hydrogen (secondary N) is 1. The molecule has 4 rings (SSSR count). The smallest absolute Gasteiger partial charge is 0.243 e. The minimum atomic E-state index is -0.345. The van der Waals surface area contributed by atoms with Crippen molar-refractivity contribution in [2.24, 2.45) is 11.8 Å². The van der Waals surface area contributed by atoms with Crippen LogP contribution in [0.2, 0.25) is 0 Å². The highest BCUT2D eigenvalue weighted by molar-refractivity contribution is 5.89. The molecule has 37 heavy (non-hydrogen) atoms. The highest BCUT2D eigenvalue weighted by atomic mass is 16.2. The molecule has 6 heteroatoms. The summed E-state index contributed by atoms with van der Waals surface area (Å²) in [5.41, 5.74) is 2.67. The van der Waals surface area contributed by atoms with Gasteiger partial charge in [0, 0.05) is 31.6 Å². The number of likely N-dealkylation sites (tertiary alicyclic amines) is 1. The number of carbonyl (C=O) groups excluding carboxylic acids is 2. The fraction of sp³-hybridized carbons (Fsp3) is 0.548. The molecule has 2 fully saturated rings. The third-order valence-electron chi connectivity index (χ3n) is 8.04. The van der Waals surface area contributed by atoms with E-state index in [0.29, 0.717) is 6.54 Å². The second-order valence-electron chi connectivity index (χ2n) is 10.8. The molecule has 2 aromatic carbocycles. The van der Waals surface area contributed by atoms with Gasteiger partial charge in [0.1, 0.15) is 6.04 Å². The Labute approximate surface area is 222 Å². The van der Waals surface area contributed by atoms with E-state index in [9.17, 15) is 9.59 Å². The predicted octanol–water partition coefficient (Wildman–Crippen LogP) is 4.48. The SMILES string of the molecule is NN1CCC(C(=O)N2CCCCC2C(=O)NC(CCCc2ccccc2)CCCc2ccccc2)CC1. The van der Waals surface area contributed by atoms with E-state index in [1.54, 1.807) is 5.01 Å². The molecule has 200 valence electrons. The van der Waals surface area contributed by atoms with Crippen LogP contribution in [0, 0.1) is 5.92 Å². The van der Waals surface area contributed by atoms with Crippen molar-refractivity contribution in [3.05, 3.63) is 71.8 Å². The molecule has 0 aliphatic carbocycles. The molecule has 0 saturated carbocycles. The molecule has 2 aliphatic rings. The minimum absolute atomic E-state index is 0.0132. The van der Waals surface area contributed by atoms with Crippen molar-refractivity contribution in [2.75, 3.05) is 19.6 Å². The number of benzene rings is 2. The van der Waals surface area contributed by atoms with E-state index in [4.69, 9.17) is 5.84 Å². The van der Waals surface area contributed by atoms with Gasteiger partial charge in [0.25, 0.3) is 0 Å². The Morgan fingerprint density at radius 3 is 1.95 bits per heavy atom. The van der Waals surface area contributed by atoms with Gasteiger partial charge in [-0.05, 0) is 81.8 Å². The van der Waals surface area contributed by atoms with Gasteiger partial charge in [0.15, 0.2) is 0 Å². The topological polar surface area (TPSA) is 78.7 Å². The predicted molar refractivity (Wildman–Crippen MR) is 149 cm³/mol. The summed E-state index contributed by atoms with van der Waals surface area (Å²) < 4.78 is 0. The highest BCUT2D eigenvalue weighted by Gasteiger charge is 2.36. The molecule has 0 bridgehead atoms. The normalized spacial score (nSPS) is 19.2. The van der Waals surface area contributed by atoms with Gasteiger partial charge < -0.3 is 10.2 Å². The Kier molecular flexibility index (Phi) is 10.6.